The lowest BCUT2D eigenvalue weighted by molar-refractivity contribution is 0.0497. The second-order valence-electron chi connectivity index (χ2n) is 6.66. The first-order chi connectivity index (χ1) is 12.2. The van der Waals surface area contributed by atoms with E-state index in [1.807, 2.05) is 42.5 Å². The molecular weight excluding hydrogens is 314 g/mol. The molecule has 0 saturated carbocycles. The Morgan fingerprint density at radius 1 is 1.16 bits per heavy atom. The minimum Gasteiger partial charge on any atom is -0.493 e. The number of aliphatic hydroxyl groups excluding tert-OH is 1. The summed E-state index contributed by atoms with van der Waals surface area (Å²) in [6, 6.07) is 16.3. The summed E-state index contributed by atoms with van der Waals surface area (Å²) in [6.07, 6.45) is 2.17. The van der Waals surface area contributed by atoms with Crippen molar-refractivity contribution in [1.29, 1.82) is 0 Å². The molecule has 2 aromatic carbocycles. The van der Waals surface area contributed by atoms with Crippen LogP contribution in [0.3, 0.4) is 0 Å². The molecule has 1 aliphatic rings. The topological polar surface area (TPSA) is 50.7 Å². The molecule has 4 heteroatoms. The van der Waals surface area contributed by atoms with Crippen LogP contribution in [0.5, 0.6) is 5.75 Å². The number of nitrogens with one attached hydrogen (secondary N) is 1. The summed E-state index contributed by atoms with van der Waals surface area (Å²) in [5.74, 6) is 1.51. The van der Waals surface area contributed by atoms with Crippen molar-refractivity contribution in [3.63, 3.8) is 0 Å². The lowest BCUT2D eigenvalue weighted by Crippen LogP contribution is -2.21. The van der Waals surface area contributed by atoms with Gasteiger partial charge in [0.1, 0.15) is 5.75 Å². The zero-order valence-electron chi connectivity index (χ0n) is 14.8. The third-order valence-electron chi connectivity index (χ3n) is 4.70. The zero-order valence-corrected chi connectivity index (χ0v) is 14.8. The summed E-state index contributed by atoms with van der Waals surface area (Å²) in [7, 11) is 0. The lowest BCUT2D eigenvalue weighted by atomic mass is 10.0. The van der Waals surface area contributed by atoms with E-state index >= 15 is 0 Å². The summed E-state index contributed by atoms with van der Waals surface area (Å²) in [4.78, 5) is 0. The van der Waals surface area contributed by atoms with Gasteiger partial charge in [0, 0.05) is 24.9 Å². The number of hydrogen-bond donors (Lipinski definition) is 2. The zero-order chi connectivity index (χ0) is 17.5. The molecule has 0 spiro atoms. The van der Waals surface area contributed by atoms with Gasteiger partial charge in [0.2, 0.25) is 0 Å². The number of aliphatic hydroxyl groups is 1. The monoisotopic (exact) mass is 341 g/mol. The number of rotatable bonds is 7. The van der Waals surface area contributed by atoms with Gasteiger partial charge < -0.3 is 19.9 Å². The summed E-state index contributed by atoms with van der Waals surface area (Å²) in [5, 5.41) is 12.8. The molecule has 1 saturated heterocycles. The molecule has 134 valence electrons. The molecule has 0 aliphatic carbocycles. The van der Waals surface area contributed by atoms with Crippen molar-refractivity contribution in [1.82, 2.24) is 0 Å². The second-order valence-corrected chi connectivity index (χ2v) is 6.66. The van der Waals surface area contributed by atoms with Gasteiger partial charge in [-0.3, -0.25) is 0 Å². The van der Waals surface area contributed by atoms with E-state index in [2.05, 4.69) is 18.3 Å². The molecule has 2 N–H and O–H groups in total. The van der Waals surface area contributed by atoms with Crippen LogP contribution in [0, 0.1) is 5.92 Å². The van der Waals surface area contributed by atoms with Crippen molar-refractivity contribution in [3.05, 3.63) is 59.7 Å². The molecule has 2 aromatic rings. The van der Waals surface area contributed by atoms with E-state index in [1.165, 1.54) is 0 Å². The highest BCUT2D eigenvalue weighted by atomic mass is 16.5. The Balaban J connectivity index is 1.52. The number of ether oxygens (including phenoxy) is 2. The van der Waals surface area contributed by atoms with Crippen molar-refractivity contribution >= 4 is 5.69 Å². The molecule has 1 aliphatic heterocycles. The van der Waals surface area contributed by atoms with Gasteiger partial charge in [-0.15, -0.1) is 0 Å². The average molecular weight is 341 g/mol. The second kappa shape index (κ2) is 8.88. The van der Waals surface area contributed by atoms with E-state index in [0.29, 0.717) is 5.92 Å². The Hall–Kier alpha value is -2.04. The van der Waals surface area contributed by atoms with Crippen LogP contribution >= 0.6 is 0 Å². The molecule has 1 heterocycles. The minimum atomic E-state index is 0.0692. The first-order valence-electron chi connectivity index (χ1n) is 9.01. The molecule has 0 bridgehead atoms. The molecule has 4 nitrogen and oxygen atoms in total. The molecule has 0 radical (unpaired) electrons. The summed E-state index contributed by atoms with van der Waals surface area (Å²) in [5.41, 5.74) is 3.15. The normalized spacial score (nSPS) is 16.4. The van der Waals surface area contributed by atoms with Gasteiger partial charge in [-0.2, -0.15) is 0 Å². The molecule has 1 unspecified atom stereocenters. The van der Waals surface area contributed by atoms with Gasteiger partial charge in [-0.1, -0.05) is 24.3 Å². The van der Waals surface area contributed by atoms with Crippen LogP contribution in [-0.2, 0) is 11.3 Å². The van der Waals surface area contributed by atoms with E-state index in [4.69, 9.17) is 9.47 Å². The fourth-order valence-corrected chi connectivity index (χ4v) is 3.07. The molecule has 0 amide bonds. The highest BCUT2D eigenvalue weighted by Gasteiger charge is 2.14. The van der Waals surface area contributed by atoms with Gasteiger partial charge in [0.15, 0.2) is 0 Å². The van der Waals surface area contributed by atoms with E-state index in [1.54, 1.807) is 0 Å². The maximum atomic E-state index is 9.27. The average Bonchev–Trinajstić information content (AvgIpc) is 2.68. The molecule has 1 atom stereocenters. The van der Waals surface area contributed by atoms with Crippen LogP contribution in [0.15, 0.2) is 48.5 Å². The van der Waals surface area contributed by atoms with Crippen LogP contribution in [0.4, 0.5) is 5.69 Å². The highest BCUT2D eigenvalue weighted by molar-refractivity contribution is 5.48. The van der Waals surface area contributed by atoms with Crippen molar-refractivity contribution < 1.29 is 14.6 Å². The minimum absolute atomic E-state index is 0.0692. The summed E-state index contributed by atoms with van der Waals surface area (Å²) >= 11 is 0. The van der Waals surface area contributed by atoms with Crippen molar-refractivity contribution in [3.8, 4) is 5.75 Å². The Labute approximate surface area is 149 Å². The predicted octanol–water partition coefficient (Wildman–Crippen LogP) is 4.16. The van der Waals surface area contributed by atoms with E-state index in [0.717, 1.165) is 55.2 Å². The van der Waals surface area contributed by atoms with E-state index in [-0.39, 0.29) is 12.6 Å². The standard InChI is InChI=1S/C21H27NO3/c1-16(19-4-2-3-18(13-19)14-23)22-20-5-7-21(8-6-20)25-15-17-9-11-24-12-10-17/h2-8,13,16-17,22-23H,9-12,14-15H2,1H3. The van der Waals surface area contributed by atoms with Crippen LogP contribution in [0.25, 0.3) is 0 Å². The number of anilines is 1. The Morgan fingerprint density at radius 2 is 1.92 bits per heavy atom. The molecule has 1 fully saturated rings. The third-order valence-corrected chi connectivity index (χ3v) is 4.70. The smallest absolute Gasteiger partial charge is 0.119 e. The quantitative estimate of drug-likeness (QED) is 0.794. The molecule has 25 heavy (non-hydrogen) atoms. The van der Waals surface area contributed by atoms with Crippen molar-refractivity contribution in [2.24, 2.45) is 5.92 Å². The first kappa shape index (κ1) is 17.8. The van der Waals surface area contributed by atoms with Gasteiger partial charge >= 0.3 is 0 Å². The highest BCUT2D eigenvalue weighted by Crippen LogP contribution is 2.23. The number of hydrogen-bond acceptors (Lipinski definition) is 4. The fraction of sp³-hybridized carbons (Fsp3) is 0.429. The predicted molar refractivity (Wildman–Crippen MR) is 99.9 cm³/mol. The van der Waals surface area contributed by atoms with Crippen LogP contribution in [0.2, 0.25) is 0 Å². The van der Waals surface area contributed by atoms with Crippen molar-refractivity contribution in [2.45, 2.75) is 32.4 Å². The Bertz CT molecular complexity index is 650. The van der Waals surface area contributed by atoms with Gasteiger partial charge in [-0.05, 0) is 61.1 Å². The largest absolute Gasteiger partial charge is 0.493 e. The van der Waals surface area contributed by atoms with Crippen LogP contribution in [0.1, 0.15) is 36.9 Å². The van der Waals surface area contributed by atoms with Crippen molar-refractivity contribution in [2.75, 3.05) is 25.1 Å². The first-order valence-corrected chi connectivity index (χ1v) is 9.01. The molecule has 0 aromatic heterocycles. The van der Waals surface area contributed by atoms with Gasteiger partial charge in [0.25, 0.3) is 0 Å². The SMILES string of the molecule is CC(Nc1ccc(OCC2CCOCC2)cc1)c1cccc(CO)c1. The Kier molecular flexibility index (Phi) is 6.31. The molecule has 3 rings (SSSR count). The summed E-state index contributed by atoms with van der Waals surface area (Å²) < 4.78 is 11.3. The number of benzene rings is 2. The van der Waals surface area contributed by atoms with E-state index in [9.17, 15) is 5.11 Å². The van der Waals surface area contributed by atoms with E-state index < -0.39 is 0 Å². The van der Waals surface area contributed by atoms with Crippen LogP contribution < -0.4 is 10.1 Å². The fourth-order valence-electron chi connectivity index (χ4n) is 3.07. The van der Waals surface area contributed by atoms with Crippen LogP contribution in [-0.4, -0.2) is 24.9 Å². The maximum Gasteiger partial charge on any atom is 0.119 e. The lowest BCUT2D eigenvalue weighted by Gasteiger charge is -2.22. The molecular formula is C21H27NO3. The summed E-state index contributed by atoms with van der Waals surface area (Å²) in [6.45, 7) is 4.66. The van der Waals surface area contributed by atoms with Gasteiger partial charge in [-0.25, -0.2) is 0 Å². The maximum absolute atomic E-state index is 9.27. The van der Waals surface area contributed by atoms with Gasteiger partial charge in [0.05, 0.1) is 13.2 Å². The Morgan fingerprint density at radius 3 is 2.64 bits per heavy atom. The third kappa shape index (κ3) is 5.21.